The third kappa shape index (κ3) is 3.43. The van der Waals surface area contributed by atoms with Crippen LogP contribution >= 0.6 is 0 Å². The fourth-order valence-electron chi connectivity index (χ4n) is 2.96. The Morgan fingerprint density at radius 3 is 2.56 bits per heavy atom. The van der Waals surface area contributed by atoms with Crippen LogP contribution < -0.4 is 0 Å². The number of carboxylic acids is 1. The van der Waals surface area contributed by atoms with Gasteiger partial charge >= 0.3 is 5.97 Å². The zero-order valence-electron chi connectivity index (χ0n) is 10.9. The number of methoxy groups -OCH3 is 1. The Bertz CT molecular complexity index is 285. The van der Waals surface area contributed by atoms with E-state index in [1.54, 1.807) is 7.11 Å². The lowest BCUT2D eigenvalue weighted by molar-refractivity contribution is -0.332. The highest BCUT2D eigenvalue weighted by molar-refractivity contribution is 5.67. The first-order valence-electron chi connectivity index (χ1n) is 6.70. The van der Waals surface area contributed by atoms with E-state index in [1.807, 2.05) is 0 Å². The first-order chi connectivity index (χ1) is 8.63. The molecule has 2 fully saturated rings. The molecule has 0 aromatic carbocycles. The van der Waals surface area contributed by atoms with Gasteiger partial charge in [-0.1, -0.05) is 6.42 Å². The van der Waals surface area contributed by atoms with Crippen molar-refractivity contribution in [3.05, 3.63) is 0 Å². The summed E-state index contributed by atoms with van der Waals surface area (Å²) in [5.74, 6) is -1.37. The Balaban J connectivity index is 2.02. The van der Waals surface area contributed by atoms with Crippen molar-refractivity contribution in [2.24, 2.45) is 0 Å². The monoisotopic (exact) mass is 258 g/mol. The fourth-order valence-corrected chi connectivity index (χ4v) is 2.96. The minimum absolute atomic E-state index is 0.0469. The molecular weight excluding hydrogens is 236 g/mol. The van der Waals surface area contributed by atoms with E-state index in [0.29, 0.717) is 13.0 Å². The normalized spacial score (nSPS) is 31.4. The van der Waals surface area contributed by atoms with Gasteiger partial charge in [-0.05, 0) is 12.8 Å². The second-order valence-electron chi connectivity index (χ2n) is 5.24. The molecule has 1 heterocycles. The number of carboxylic acid groups (broad SMARTS) is 1. The maximum Gasteiger partial charge on any atom is 0.305 e. The molecule has 1 N–H and O–H groups in total. The second-order valence-corrected chi connectivity index (χ2v) is 5.24. The van der Waals surface area contributed by atoms with E-state index < -0.39 is 11.8 Å². The van der Waals surface area contributed by atoms with E-state index in [-0.39, 0.29) is 18.6 Å². The third-order valence-corrected chi connectivity index (χ3v) is 3.66. The summed E-state index contributed by atoms with van der Waals surface area (Å²) >= 11 is 0. The third-order valence-electron chi connectivity index (χ3n) is 3.66. The molecule has 1 aliphatic carbocycles. The highest BCUT2D eigenvalue weighted by Crippen LogP contribution is 2.39. The molecule has 1 spiro atoms. The molecule has 2 unspecified atom stereocenters. The summed E-state index contributed by atoms with van der Waals surface area (Å²) in [7, 11) is 1.64. The van der Waals surface area contributed by atoms with E-state index in [4.69, 9.17) is 19.3 Å². The fraction of sp³-hybridized carbons (Fsp3) is 0.923. The molecule has 1 aliphatic heterocycles. The van der Waals surface area contributed by atoms with Gasteiger partial charge < -0.3 is 19.3 Å². The number of ether oxygens (including phenoxy) is 3. The number of hydrogen-bond donors (Lipinski definition) is 1. The lowest BCUT2D eigenvalue weighted by Gasteiger charge is -2.46. The van der Waals surface area contributed by atoms with Crippen LogP contribution in [0.5, 0.6) is 0 Å². The van der Waals surface area contributed by atoms with Crippen LogP contribution in [0.25, 0.3) is 0 Å². The Kier molecular flexibility index (Phi) is 4.59. The quantitative estimate of drug-likeness (QED) is 0.834. The standard InChI is InChI=1S/C13H22O5/c1-16-9-11-7-10(8-12(14)15)17-13(18-11)5-3-2-4-6-13/h10-11H,2-9H2,1H3,(H,14,15). The van der Waals surface area contributed by atoms with Gasteiger partial charge in [0.2, 0.25) is 0 Å². The Morgan fingerprint density at radius 1 is 1.28 bits per heavy atom. The van der Waals surface area contributed by atoms with E-state index in [2.05, 4.69) is 0 Å². The molecule has 5 heteroatoms. The van der Waals surface area contributed by atoms with Gasteiger partial charge in [0.1, 0.15) is 0 Å². The van der Waals surface area contributed by atoms with Crippen molar-refractivity contribution in [3.63, 3.8) is 0 Å². The van der Waals surface area contributed by atoms with E-state index >= 15 is 0 Å². The summed E-state index contributed by atoms with van der Waals surface area (Å²) in [6.45, 7) is 0.501. The van der Waals surface area contributed by atoms with Gasteiger partial charge in [0.25, 0.3) is 0 Å². The SMILES string of the molecule is COCC1CC(CC(=O)O)OC2(CCCCC2)O1. The van der Waals surface area contributed by atoms with Gasteiger partial charge in [-0.15, -0.1) is 0 Å². The highest BCUT2D eigenvalue weighted by Gasteiger charge is 2.43. The van der Waals surface area contributed by atoms with Crippen molar-refractivity contribution in [1.29, 1.82) is 0 Å². The minimum Gasteiger partial charge on any atom is -0.481 e. The van der Waals surface area contributed by atoms with Crippen LogP contribution in [-0.4, -0.2) is 42.8 Å². The average molecular weight is 258 g/mol. The zero-order valence-corrected chi connectivity index (χ0v) is 10.9. The number of aliphatic carboxylic acids is 1. The first kappa shape index (κ1) is 13.8. The molecule has 0 aromatic rings. The summed E-state index contributed by atoms with van der Waals surface area (Å²) in [4.78, 5) is 10.9. The van der Waals surface area contributed by atoms with Gasteiger partial charge in [-0.2, -0.15) is 0 Å². The van der Waals surface area contributed by atoms with Crippen LogP contribution in [0, 0.1) is 0 Å². The summed E-state index contributed by atoms with van der Waals surface area (Å²) in [6.07, 6.45) is 5.44. The van der Waals surface area contributed by atoms with Crippen LogP contribution in [0.4, 0.5) is 0 Å². The van der Waals surface area contributed by atoms with Crippen LogP contribution in [0.1, 0.15) is 44.9 Å². The second kappa shape index (κ2) is 5.99. The summed E-state index contributed by atoms with van der Waals surface area (Å²) in [6, 6.07) is 0. The van der Waals surface area contributed by atoms with E-state index in [1.165, 1.54) is 6.42 Å². The number of hydrogen-bond acceptors (Lipinski definition) is 4. The lowest BCUT2D eigenvalue weighted by atomic mass is 9.91. The van der Waals surface area contributed by atoms with Gasteiger partial charge in [0.15, 0.2) is 5.79 Å². The van der Waals surface area contributed by atoms with Crippen molar-refractivity contribution >= 4 is 5.97 Å². The molecule has 2 rings (SSSR count). The van der Waals surface area contributed by atoms with Crippen molar-refractivity contribution < 1.29 is 24.1 Å². The smallest absolute Gasteiger partial charge is 0.305 e. The molecule has 2 aliphatic rings. The minimum atomic E-state index is -0.816. The number of rotatable bonds is 4. The maximum atomic E-state index is 10.9. The van der Waals surface area contributed by atoms with E-state index in [0.717, 1.165) is 25.7 Å². The summed E-state index contributed by atoms with van der Waals surface area (Å²) < 4.78 is 17.1. The lowest BCUT2D eigenvalue weighted by Crippen LogP contribution is -2.51. The molecule has 18 heavy (non-hydrogen) atoms. The summed E-state index contributed by atoms with van der Waals surface area (Å²) in [5.41, 5.74) is 0. The van der Waals surface area contributed by atoms with Crippen molar-refractivity contribution in [1.82, 2.24) is 0 Å². The molecule has 2 atom stereocenters. The largest absolute Gasteiger partial charge is 0.481 e. The van der Waals surface area contributed by atoms with Crippen LogP contribution in [-0.2, 0) is 19.0 Å². The van der Waals surface area contributed by atoms with Crippen molar-refractivity contribution in [2.75, 3.05) is 13.7 Å². The predicted octanol–water partition coefficient (Wildman–Crippen LogP) is 1.94. The molecule has 0 bridgehead atoms. The molecule has 1 saturated carbocycles. The molecule has 104 valence electrons. The van der Waals surface area contributed by atoms with Crippen LogP contribution in [0.15, 0.2) is 0 Å². The molecule has 5 nitrogen and oxygen atoms in total. The van der Waals surface area contributed by atoms with E-state index in [9.17, 15) is 4.79 Å². The Hall–Kier alpha value is -0.650. The van der Waals surface area contributed by atoms with Gasteiger partial charge in [-0.25, -0.2) is 0 Å². The maximum absolute atomic E-state index is 10.9. The predicted molar refractivity (Wildman–Crippen MR) is 64.3 cm³/mol. The molecule has 0 radical (unpaired) electrons. The van der Waals surface area contributed by atoms with Crippen LogP contribution in [0.3, 0.4) is 0 Å². The Morgan fingerprint density at radius 2 is 1.94 bits per heavy atom. The molecule has 1 saturated heterocycles. The topological polar surface area (TPSA) is 65.0 Å². The van der Waals surface area contributed by atoms with Gasteiger partial charge in [0, 0.05) is 26.4 Å². The van der Waals surface area contributed by atoms with Gasteiger partial charge in [0.05, 0.1) is 25.2 Å². The molecule has 0 amide bonds. The zero-order chi connectivity index (χ0) is 13.0. The Labute approximate surface area is 107 Å². The van der Waals surface area contributed by atoms with Crippen molar-refractivity contribution in [3.8, 4) is 0 Å². The number of carbonyl (C=O) groups is 1. The highest BCUT2D eigenvalue weighted by atomic mass is 16.7. The summed E-state index contributed by atoms with van der Waals surface area (Å²) in [5, 5.41) is 8.92. The molecule has 0 aromatic heterocycles. The van der Waals surface area contributed by atoms with Crippen LogP contribution in [0.2, 0.25) is 0 Å². The average Bonchev–Trinajstić information content (AvgIpc) is 2.28. The van der Waals surface area contributed by atoms with Gasteiger partial charge in [-0.3, -0.25) is 4.79 Å². The first-order valence-corrected chi connectivity index (χ1v) is 6.70. The molecular formula is C13H22O5. The van der Waals surface area contributed by atoms with Crippen molar-refractivity contribution in [2.45, 2.75) is 62.9 Å².